The topological polar surface area (TPSA) is 87.2 Å². The maximum Gasteiger partial charge on any atom is 0.407 e. The molecule has 0 aliphatic carbocycles. The molecule has 29 heavy (non-hydrogen) atoms. The minimum absolute atomic E-state index is 0.0591. The number of hydrogen-bond acceptors (Lipinski definition) is 5. The molecule has 1 unspecified atom stereocenters. The lowest BCUT2D eigenvalue weighted by molar-refractivity contribution is -0.00503. The van der Waals surface area contributed by atoms with Crippen molar-refractivity contribution in [2.45, 2.75) is 77.0 Å². The number of amides is 1. The summed E-state index contributed by atoms with van der Waals surface area (Å²) in [7, 11) is 6.02. The van der Waals surface area contributed by atoms with Crippen LogP contribution in [0.2, 0.25) is 0 Å². The second-order valence-electron chi connectivity index (χ2n) is 9.02. The van der Waals surface area contributed by atoms with Crippen molar-refractivity contribution in [2.75, 3.05) is 47.4 Å². The molecule has 0 aromatic carbocycles. The van der Waals surface area contributed by atoms with Gasteiger partial charge < -0.3 is 30.3 Å². The molecule has 0 saturated carbocycles. The Labute approximate surface area is 177 Å². The van der Waals surface area contributed by atoms with Crippen LogP contribution in [-0.2, 0) is 9.47 Å². The summed E-state index contributed by atoms with van der Waals surface area (Å²) in [5.74, 6) is 0.754. The van der Waals surface area contributed by atoms with Gasteiger partial charge in [0.25, 0.3) is 0 Å². The van der Waals surface area contributed by atoms with Crippen molar-refractivity contribution in [1.29, 1.82) is 0 Å². The number of carbonyl (C=O) groups is 1. The van der Waals surface area contributed by atoms with Crippen LogP contribution < -0.4 is 16.0 Å². The summed E-state index contributed by atoms with van der Waals surface area (Å²) in [5, 5.41) is 9.84. The van der Waals surface area contributed by atoms with Gasteiger partial charge in [-0.1, -0.05) is 19.8 Å². The zero-order valence-electron chi connectivity index (χ0n) is 19.6. The molecular formula is C21H43N5O3. The van der Waals surface area contributed by atoms with E-state index in [0.717, 1.165) is 57.8 Å². The lowest BCUT2D eigenvalue weighted by Gasteiger charge is -2.43. The minimum atomic E-state index is -0.502. The van der Waals surface area contributed by atoms with Crippen LogP contribution in [0.15, 0.2) is 4.99 Å². The van der Waals surface area contributed by atoms with E-state index in [-0.39, 0.29) is 11.6 Å². The van der Waals surface area contributed by atoms with Crippen LogP contribution in [0.25, 0.3) is 0 Å². The Kier molecular flexibility index (Phi) is 10.7. The van der Waals surface area contributed by atoms with Gasteiger partial charge in [0.05, 0.1) is 0 Å². The van der Waals surface area contributed by atoms with Crippen molar-refractivity contribution < 1.29 is 14.3 Å². The lowest BCUT2D eigenvalue weighted by atomic mass is 9.88. The Bertz CT molecular complexity index is 511. The summed E-state index contributed by atoms with van der Waals surface area (Å²) in [4.78, 5) is 18.7. The summed E-state index contributed by atoms with van der Waals surface area (Å²) < 4.78 is 10.9. The van der Waals surface area contributed by atoms with Crippen LogP contribution in [0, 0.1) is 0 Å². The van der Waals surface area contributed by atoms with Gasteiger partial charge in [-0.2, -0.15) is 0 Å². The normalized spacial score (nSPS) is 18.3. The number of guanidine groups is 1. The number of nitrogens with zero attached hydrogens (tertiary/aromatic N) is 2. The van der Waals surface area contributed by atoms with Crippen molar-refractivity contribution in [1.82, 2.24) is 20.9 Å². The van der Waals surface area contributed by atoms with E-state index in [1.165, 1.54) is 0 Å². The van der Waals surface area contributed by atoms with Crippen molar-refractivity contribution in [3.05, 3.63) is 0 Å². The Morgan fingerprint density at radius 2 is 1.90 bits per heavy atom. The number of alkyl carbamates (subject to hydrolysis) is 1. The van der Waals surface area contributed by atoms with Gasteiger partial charge in [0.15, 0.2) is 5.96 Å². The highest BCUT2D eigenvalue weighted by Gasteiger charge is 2.35. The van der Waals surface area contributed by atoms with E-state index in [1.807, 2.05) is 20.8 Å². The number of nitrogens with one attached hydrogen (secondary N) is 3. The largest absolute Gasteiger partial charge is 0.444 e. The number of carbonyl (C=O) groups excluding carboxylic acids is 1. The predicted octanol–water partition coefficient (Wildman–Crippen LogP) is 2.35. The zero-order valence-corrected chi connectivity index (χ0v) is 19.6. The third kappa shape index (κ3) is 9.67. The summed E-state index contributed by atoms with van der Waals surface area (Å²) in [6.45, 7) is 10.6. The maximum atomic E-state index is 12.0. The molecule has 0 spiro atoms. The van der Waals surface area contributed by atoms with Crippen LogP contribution in [0.5, 0.6) is 0 Å². The predicted molar refractivity (Wildman–Crippen MR) is 119 cm³/mol. The molecule has 1 atom stereocenters. The average molecular weight is 414 g/mol. The van der Waals surface area contributed by atoms with Crippen LogP contribution >= 0.6 is 0 Å². The van der Waals surface area contributed by atoms with Crippen molar-refractivity contribution >= 4 is 12.1 Å². The van der Waals surface area contributed by atoms with E-state index in [4.69, 9.17) is 9.47 Å². The molecule has 3 N–H and O–H groups in total. The second kappa shape index (κ2) is 12.2. The molecule has 8 heteroatoms. The standard InChI is InChI=1S/C21H43N5O3/c1-8-9-10-17(15-23-19(27)29-20(2,3)4)25-18(22-5)24-16-21(26(6)7)11-13-28-14-12-21/h17H,8-16H2,1-7H3,(H,23,27)(H2,22,24,25). The summed E-state index contributed by atoms with van der Waals surface area (Å²) in [6.07, 6.45) is 4.70. The zero-order chi connectivity index (χ0) is 21.9. The van der Waals surface area contributed by atoms with Gasteiger partial charge >= 0.3 is 6.09 Å². The van der Waals surface area contributed by atoms with E-state index < -0.39 is 11.7 Å². The molecule has 1 heterocycles. The molecule has 1 aliphatic heterocycles. The fourth-order valence-electron chi connectivity index (χ4n) is 3.37. The smallest absolute Gasteiger partial charge is 0.407 e. The number of ether oxygens (including phenoxy) is 2. The van der Waals surface area contributed by atoms with Gasteiger partial charge in [-0.05, 0) is 54.1 Å². The van der Waals surface area contributed by atoms with Gasteiger partial charge in [0, 0.05) is 44.9 Å². The molecule has 0 bridgehead atoms. The van der Waals surface area contributed by atoms with Crippen molar-refractivity contribution in [2.24, 2.45) is 4.99 Å². The molecule has 1 aliphatic rings. The number of rotatable bonds is 9. The number of likely N-dealkylation sites (N-methyl/N-ethyl adjacent to an activating group) is 1. The van der Waals surface area contributed by atoms with Gasteiger partial charge in [-0.15, -0.1) is 0 Å². The van der Waals surface area contributed by atoms with Crippen molar-refractivity contribution in [3.8, 4) is 0 Å². The molecule has 1 amide bonds. The third-order valence-electron chi connectivity index (χ3n) is 5.32. The van der Waals surface area contributed by atoms with Crippen LogP contribution in [-0.4, -0.2) is 81.6 Å². The lowest BCUT2D eigenvalue weighted by Crippen LogP contribution is -2.58. The minimum Gasteiger partial charge on any atom is -0.444 e. The van der Waals surface area contributed by atoms with E-state index in [9.17, 15) is 4.79 Å². The molecule has 1 fully saturated rings. The monoisotopic (exact) mass is 413 g/mol. The Balaban J connectivity index is 2.63. The first kappa shape index (κ1) is 25.5. The Morgan fingerprint density at radius 3 is 2.41 bits per heavy atom. The highest BCUT2D eigenvalue weighted by molar-refractivity contribution is 5.80. The first-order valence-corrected chi connectivity index (χ1v) is 10.8. The second-order valence-corrected chi connectivity index (χ2v) is 9.02. The quantitative estimate of drug-likeness (QED) is 0.397. The molecule has 0 radical (unpaired) electrons. The van der Waals surface area contributed by atoms with Crippen LogP contribution in [0.4, 0.5) is 4.79 Å². The molecular weight excluding hydrogens is 370 g/mol. The van der Waals surface area contributed by atoms with Crippen LogP contribution in [0.3, 0.4) is 0 Å². The summed E-state index contributed by atoms with van der Waals surface area (Å²) in [5.41, 5.74) is -0.443. The first-order chi connectivity index (χ1) is 13.6. The van der Waals surface area contributed by atoms with E-state index in [2.05, 4.69) is 46.9 Å². The highest BCUT2D eigenvalue weighted by atomic mass is 16.6. The fraction of sp³-hybridized carbons (Fsp3) is 0.905. The van der Waals surface area contributed by atoms with Gasteiger partial charge in [0.2, 0.25) is 0 Å². The maximum absolute atomic E-state index is 12.0. The highest BCUT2D eigenvalue weighted by Crippen LogP contribution is 2.25. The molecule has 0 aromatic heterocycles. The van der Waals surface area contributed by atoms with E-state index in [0.29, 0.717) is 6.54 Å². The average Bonchev–Trinajstić information content (AvgIpc) is 2.65. The molecule has 8 nitrogen and oxygen atoms in total. The number of hydrogen-bond donors (Lipinski definition) is 3. The fourth-order valence-corrected chi connectivity index (χ4v) is 3.37. The number of aliphatic imine (C=N–C) groups is 1. The molecule has 0 aromatic rings. The molecule has 1 saturated heterocycles. The van der Waals surface area contributed by atoms with Gasteiger partial charge in [-0.3, -0.25) is 4.99 Å². The Hall–Kier alpha value is -1.54. The summed E-state index contributed by atoms with van der Waals surface area (Å²) in [6, 6.07) is 0.0821. The molecule has 170 valence electrons. The third-order valence-corrected chi connectivity index (χ3v) is 5.32. The summed E-state index contributed by atoms with van der Waals surface area (Å²) >= 11 is 0. The SMILES string of the molecule is CCCCC(CNC(=O)OC(C)(C)C)NC(=NC)NCC1(N(C)C)CCOCC1. The van der Waals surface area contributed by atoms with Crippen molar-refractivity contribution in [3.63, 3.8) is 0 Å². The van der Waals surface area contributed by atoms with Gasteiger partial charge in [0.1, 0.15) is 5.60 Å². The Morgan fingerprint density at radius 1 is 1.24 bits per heavy atom. The first-order valence-electron chi connectivity index (χ1n) is 10.8. The number of unbranched alkanes of at least 4 members (excludes halogenated alkanes) is 1. The van der Waals surface area contributed by atoms with Gasteiger partial charge in [-0.25, -0.2) is 4.79 Å². The molecule has 1 rings (SSSR count). The van der Waals surface area contributed by atoms with E-state index in [1.54, 1.807) is 7.05 Å². The van der Waals surface area contributed by atoms with E-state index >= 15 is 0 Å². The van der Waals surface area contributed by atoms with Crippen LogP contribution in [0.1, 0.15) is 59.8 Å².